The van der Waals surface area contributed by atoms with Crippen molar-refractivity contribution in [3.05, 3.63) is 29.6 Å². The van der Waals surface area contributed by atoms with Crippen molar-refractivity contribution < 1.29 is 12.8 Å². The molecule has 0 radical (unpaired) electrons. The lowest BCUT2D eigenvalue weighted by molar-refractivity contribution is 0.596. The first-order valence-electron chi connectivity index (χ1n) is 5.42. The van der Waals surface area contributed by atoms with E-state index in [2.05, 4.69) is 4.72 Å². The molecule has 0 saturated carbocycles. The van der Waals surface area contributed by atoms with Crippen molar-refractivity contribution in [2.45, 2.75) is 19.8 Å². The minimum Gasteiger partial charge on any atom is -0.330 e. The molecule has 96 valence electrons. The highest BCUT2D eigenvalue weighted by Gasteiger charge is 2.12. The van der Waals surface area contributed by atoms with Crippen LogP contribution in [0.15, 0.2) is 18.2 Å². The molecule has 0 fully saturated rings. The van der Waals surface area contributed by atoms with Gasteiger partial charge in [-0.25, -0.2) is 12.8 Å². The fourth-order valence-electron chi connectivity index (χ4n) is 1.37. The Bertz CT molecular complexity index is 474. The van der Waals surface area contributed by atoms with Crippen molar-refractivity contribution in [3.8, 4) is 0 Å². The minimum atomic E-state index is -3.42. The molecular weight excluding hydrogens is 243 g/mol. The summed E-state index contributed by atoms with van der Waals surface area (Å²) in [5, 5.41) is 0. The van der Waals surface area contributed by atoms with E-state index in [1.165, 1.54) is 19.1 Å². The van der Waals surface area contributed by atoms with E-state index in [0.29, 0.717) is 24.9 Å². The van der Waals surface area contributed by atoms with E-state index in [4.69, 9.17) is 5.73 Å². The molecule has 0 atom stereocenters. The van der Waals surface area contributed by atoms with E-state index < -0.39 is 15.8 Å². The molecule has 0 spiro atoms. The highest BCUT2D eigenvalue weighted by molar-refractivity contribution is 7.92. The van der Waals surface area contributed by atoms with E-state index >= 15 is 0 Å². The Morgan fingerprint density at radius 1 is 1.35 bits per heavy atom. The van der Waals surface area contributed by atoms with E-state index in [1.54, 1.807) is 6.07 Å². The van der Waals surface area contributed by atoms with Gasteiger partial charge in [-0.05, 0) is 38.4 Å². The number of halogens is 1. The van der Waals surface area contributed by atoms with Crippen LogP contribution in [0.3, 0.4) is 0 Å². The Balaban J connectivity index is 2.73. The van der Waals surface area contributed by atoms with Gasteiger partial charge >= 0.3 is 0 Å². The maximum atomic E-state index is 13.2. The van der Waals surface area contributed by atoms with Crippen LogP contribution in [0.4, 0.5) is 10.1 Å². The number of unbranched alkanes of at least 4 members (excludes halogenated alkanes) is 1. The smallest absolute Gasteiger partial charge is 0.232 e. The Kier molecular flexibility index (Phi) is 4.89. The van der Waals surface area contributed by atoms with Crippen LogP contribution in [-0.4, -0.2) is 20.7 Å². The average molecular weight is 260 g/mol. The maximum absolute atomic E-state index is 13.2. The quantitative estimate of drug-likeness (QED) is 0.763. The first-order chi connectivity index (χ1) is 7.96. The van der Waals surface area contributed by atoms with Gasteiger partial charge in [-0.1, -0.05) is 6.07 Å². The van der Waals surface area contributed by atoms with E-state index in [0.717, 1.165) is 0 Å². The zero-order chi connectivity index (χ0) is 12.9. The third kappa shape index (κ3) is 4.32. The fourth-order valence-corrected chi connectivity index (χ4v) is 2.62. The van der Waals surface area contributed by atoms with Gasteiger partial charge in [0.1, 0.15) is 5.82 Å². The largest absolute Gasteiger partial charge is 0.330 e. The monoisotopic (exact) mass is 260 g/mol. The van der Waals surface area contributed by atoms with Gasteiger partial charge in [-0.2, -0.15) is 0 Å². The highest BCUT2D eigenvalue weighted by Crippen LogP contribution is 2.18. The Hall–Kier alpha value is -1.14. The van der Waals surface area contributed by atoms with E-state index in [9.17, 15) is 12.8 Å². The highest BCUT2D eigenvalue weighted by atomic mass is 32.2. The maximum Gasteiger partial charge on any atom is 0.232 e. The van der Waals surface area contributed by atoms with Gasteiger partial charge in [-0.3, -0.25) is 4.72 Å². The number of nitrogens with one attached hydrogen (secondary N) is 1. The second-order valence-electron chi connectivity index (χ2n) is 3.83. The van der Waals surface area contributed by atoms with Crippen molar-refractivity contribution in [3.63, 3.8) is 0 Å². The fraction of sp³-hybridized carbons (Fsp3) is 0.455. The third-order valence-electron chi connectivity index (χ3n) is 2.40. The van der Waals surface area contributed by atoms with E-state index in [1.807, 2.05) is 0 Å². The lowest BCUT2D eigenvalue weighted by Gasteiger charge is -2.10. The molecule has 0 bridgehead atoms. The lowest BCUT2D eigenvalue weighted by Crippen LogP contribution is -2.18. The molecule has 0 aliphatic carbocycles. The number of rotatable bonds is 6. The number of sulfonamides is 1. The summed E-state index contributed by atoms with van der Waals surface area (Å²) in [7, 11) is -3.42. The van der Waals surface area contributed by atoms with Gasteiger partial charge in [-0.15, -0.1) is 0 Å². The molecule has 0 heterocycles. The number of nitrogens with two attached hydrogens (primary N) is 1. The molecule has 0 unspecified atom stereocenters. The number of hydrogen-bond acceptors (Lipinski definition) is 3. The van der Waals surface area contributed by atoms with Crippen LogP contribution in [0.1, 0.15) is 18.4 Å². The van der Waals surface area contributed by atoms with Gasteiger partial charge in [0.2, 0.25) is 10.0 Å². The molecular formula is C11H17FN2O2S. The summed E-state index contributed by atoms with van der Waals surface area (Å²) in [6.07, 6.45) is 1.16. The minimum absolute atomic E-state index is 0.000152. The third-order valence-corrected chi connectivity index (χ3v) is 3.76. The molecule has 1 rings (SSSR count). The SMILES string of the molecule is Cc1c(F)cccc1NS(=O)(=O)CCCCN. The predicted molar refractivity (Wildman–Crippen MR) is 66.8 cm³/mol. The van der Waals surface area contributed by atoms with Crippen molar-refractivity contribution >= 4 is 15.7 Å². The van der Waals surface area contributed by atoms with Crippen molar-refractivity contribution in [1.82, 2.24) is 0 Å². The molecule has 0 saturated heterocycles. The van der Waals surface area contributed by atoms with Crippen LogP contribution in [0.25, 0.3) is 0 Å². The topological polar surface area (TPSA) is 72.2 Å². The Morgan fingerprint density at radius 2 is 2.06 bits per heavy atom. The molecule has 0 amide bonds. The predicted octanol–water partition coefficient (Wildman–Crippen LogP) is 1.61. The molecule has 17 heavy (non-hydrogen) atoms. The summed E-state index contributed by atoms with van der Waals surface area (Å²) in [5.74, 6) is -0.424. The Labute approximate surface area is 101 Å². The summed E-state index contributed by atoms with van der Waals surface area (Å²) in [5.41, 5.74) is 5.88. The number of anilines is 1. The molecule has 3 N–H and O–H groups in total. The van der Waals surface area contributed by atoms with Gasteiger partial charge < -0.3 is 5.73 Å². The summed E-state index contributed by atoms with van der Waals surface area (Å²) >= 11 is 0. The zero-order valence-electron chi connectivity index (χ0n) is 9.74. The van der Waals surface area contributed by atoms with Crippen LogP contribution >= 0.6 is 0 Å². The van der Waals surface area contributed by atoms with Crippen molar-refractivity contribution in [1.29, 1.82) is 0 Å². The van der Waals surface area contributed by atoms with Crippen LogP contribution in [0.5, 0.6) is 0 Å². The van der Waals surface area contributed by atoms with Crippen LogP contribution < -0.4 is 10.5 Å². The second-order valence-corrected chi connectivity index (χ2v) is 5.67. The van der Waals surface area contributed by atoms with Crippen molar-refractivity contribution in [2.24, 2.45) is 5.73 Å². The molecule has 4 nitrogen and oxygen atoms in total. The first-order valence-corrected chi connectivity index (χ1v) is 7.07. The van der Waals surface area contributed by atoms with Crippen LogP contribution in [0, 0.1) is 12.7 Å². The first kappa shape index (κ1) is 13.9. The lowest BCUT2D eigenvalue weighted by atomic mass is 10.2. The van der Waals surface area contributed by atoms with E-state index in [-0.39, 0.29) is 11.4 Å². The standard InChI is InChI=1S/C11H17FN2O2S/c1-9-10(12)5-4-6-11(9)14-17(15,16)8-3-2-7-13/h4-6,14H,2-3,7-8,13H2,1H3. The van der Waals surface area contributed by atoms with Crippen LogP contribution in [-0.2, 0) is 10.0 Å². The molecule has 1 aromatic carbocycles. The zero-order valence-corrected chi connectivity index (χ0v) is 10.6. The molecule has 0 aliphatic heterocycles. The summed E-state index contributed by atoms with van der Waals surface area (Å²) in [4.78, 5) is 0. The summed E-state index contributed by atoms with van der Waals surface area (Å²) in [6.45, 7) is 2.00. The molecule has 1 aromatic rings. The number of hydrogen-bond donors (Lipinski definition) is 2. The average Bonchev–Trinajstić information content (AvgIpc) is 2.25. The molecule has 6 heteroatoms. The van der Waals surface area contributed by atoms with Crippen LogP contribution in [0.2, 0.25) is 0 Å². The molecule has 0 aliphatic rings. The summed E-state index contributed by atoms with van der Waals surface area (Å²) < 4.78 is 38.9. The summed E-state index contributed by atoms with van der Waals surface area (Å²) in [6, 6.07) is 4.31. The second kappa shape index (κ2) is 5.97. The van der Waals surface area contributed by atoms with Gasteiger partial charge in [0.05, 0.1) is 11.4 Å². The molecule has 0 aromatic heterocycles. The van der Waals surface area contributed by atoms with Gasteiger partial charge in [0, 0.05) is 5.56 Å². The van der Waals surface area contributed by atoms with Gasteiger partial charge in [0.15, 0.2) is 0 Å². The van der Waals surface area contributed by atoms with Gasteiger partial charge in [0.25, 0.3) is 0 Å². The normalized spacial score (nSPS) is 11.5. The van der Waals surface area contributed by atoms with Crippen molar-refractivity contribution in [2.75, 3.05) is 17.0 Å². The Morgan fingerprint density at radius 3 is 2.71 bits per heavy atom. The number of benzene rings is 1.